The second-order valence-electron chi connectivity index (χ2n) is 2.71. The molecular weight excluding hydrogens is 180 g/mol. The lowest BCUT2D eigenvalue weighted by Gasteiger charge is -2.08. The van der Waals surface area contributed by atoms with Crippen LogP contribution in [0.2, 0.25) is 0 Å². The molecule has 0 aromatic heterocycles. The summed E-state index contributed by atoms with van der Waals surface area (Å²) in [6, 6.07) is -0.480. The number of hydrogen-bond acceptors (Lipinski definition) is 4. The number of sulfone groups is 1. The maximum atomic E-state index is 10.6. The highest BCUT2D eigenvalue weighted by molar-refractivity contribution is 7.90. The van der Waals surface area contributed by atoms with E-state index in [1.54, 1.807) is 6.92 Å². The molecule has 72 valence electrons. The van der Waals surface area contributed by atoms with Gasteiger partial charge in [0.15, 0.2) is 0 Å². The normalized spacial score (nSPS) is 14.2. The largest absolute Gasteiger partial charge is 0.368 e. The van der Waals surface area contributed by atoms with Crippen LogP contribution in [0.25, 0.3) is 0 Å². The van der Waals surface area contributed by atoms with Crippen molar-refractivity contribution in [3.8, 4) is 0 Å². The Hall–Kier alpha value is -0.620. The van der Waals surface area contributed by atoms with E-state index >= 15 is 0 Å². The van der Waals surface area contributed by atoms with Gasteiger partial charge in [-0.15, -0.1) is 0 Å². The number of hydrogen-bond donors (Lipinski definition) is 2. The molecule has 0 bridgehead atoms. The summed E-state index contributed by atoms with van der Waals surface area (Å²) in [5.74, 6) is -0.464. The van der Waals surface area contributed by atoms with Crippen LogP contribution in [0.3, 0.4) is 0 Å². The summed E-state index contributed by atoms with van der Waals surface area (Å²) in [7, 11) is -2.96. The number of amides is 1. The van der Waals surface area contributed by atoms with Gasteiger partial charge >= 0.3 is 0 Å². The van der Waals surface area contributed by atoms with Gasteiger partial charge in [-0.3, -0.25) is 4.79 Å². The molecule has 0 aromatic carbocycles. The number of carbonyl (C=O) groups is 1. The highest BCUT2D eigenvalue weighted by Gasteiger charge is 2.08. The van der Waals surface area contributed by atoms with Crippen LogP contribution in [0.5, 0.6) is 0 Å². The molecule has 0 fully saturated rings. The van der Waals surface area contributed by atoms with Crippen molar-refractivity contribution in [1.82, 2.24) is 5.32 Å². The van der Waals surface area contributed by atoms with Crippen molar-refractivity contribution in [3.05, 3.63) is 0 Å². The SMILES string of the molecule is CC(NCCS(C)(=O)=O)C(N)=O. The van der Waals surface area contributed by atoms with E-state index in [-0.39, 0.29) is 12.3 Å². The van der Waals surface area contributed by atoms with E-state index in [2.05, 4.69) is 5.32 Å². The lowest BCUT2D eigenvalue weighted by molar-refractivity contribution is -0.119. The third-order valence-corrected chi connectivity index (χ3v) is 2.30. The van der Waals surface area contributed by atoms with Crippen LogP contribution in [-0.2, 0) is 14.6 Å². The van der Waals surface area contributed by atoms with Gasteiger partial charge in [0, 0.05) is 12.8 Å². The van der Waals surface area contributed by atoms with E-state index in [4.69, 9.17) is 5.73 Å². The fourth-order valence-electron chi connectivity index (χ4n) is 0.561. The minimum absolute atomic E-state index is 0.0185. The molecule has 5 nitrogen and oxygen atoms in total. The fraction of sp³-hybridized carbons (Fsp3) is 0.833. The maximum absolute atomic E-state index is 10.6. The van der Waals surface area contributed by atoms with Crippen molar-refractivity contribution in [2.45, 2.75) is 13.0 Å². The molecule has 0 saturated carbocycles. The zero-order chi connectivity index (χ0) is 9.78. The van der Waals surface area contributed by atoms with Crippen molar-refractivity contribution in [2.24, 2.45) is 5.73 Å². The molecule has 6 heteroatoms. The molecule has 1 unspecified atom stereocenters. The van der Waals surface area contributed by atoms with Crippen molar-refractivity contribution < 1.29 is 13.2 Å². The first kappa shape index (κ1) is 11.4. The van der Waals surface area contributed by atoms with Gasteiger partial charge in [0.25, 0.3) is 0 Å². The molecule has 0 aliphatic rings. The van der Waals surface area contributed by atoms with Crippen LogP contribution in [0, 0.1) is 0 Å². The Bertz CT molecular complexity index is 248. The van der Waals surface area contributed by atoms with E-state index in [0.29, 0.717) is 0 Å². The number of carbonyl (C=O) groups excluding carboxylic acids is 1. The minimum Gasteiger partial charge on any atom is -0.368 e. The first-order valence-corrected chi connectivity index (χ1v) is 5.59. The average molecular weight is 194 g/mol. The molecule has 0 aliphatic heterocycles. The Morgan fingerprint density at radius 1 is 1.58 bits per heavy atom. The standard InChI is InChI=1S/C6H14N2O3S/c1-5(6(7)9)8-3-4-12(2,10)11/h5,8H,3-4H2,1-2H3,(H2,7,9). The molecule has 0 spiro atoms. The predicted octanol–water partition coefficient (Wildman–Crippen LogP) is -1.51. The van der Waals surface area contributed by atoms with Crippen LogP contribution < -0.4 is 11.1 Å². The lowest BCUT2D eigenvalue weighted by Crippen LogP contribution is -2.40. The lowest BCUT2D eigenvalue weighted by atomic mass is 10.3. The average Bonchev–Trinajstić information content (AvgIpc) is 1.84. The predicted molar refractivity (Wildman–Crippen MR) is 46.4 cm³/mol. The second kappa shape index (κ2) is 4.42. The van der Waals surface area contributed by atoms with Gasteiger partial charge in [-0.05, 0) is 6.92 Å². The van der Waals surface area contributed by atoms with Crippen LogP contribution in [0.4, 0.5) is 0 Å². The number of nitrogens with two attached hydrogens (primary N) is 1. The van der Waals surface area contributed by atoms with Crippen molar-refractivity contribution >= 4 is 15.7 Å². The van der Waals surface area contributed by atoms with Crippen molar-refractivity contribution in [2.75, 3.05) is 18.6 Å². The van der Waals surface area contributed by atoms with E-state index in [9.17, 15) is 13.2 Å². The number of primary amides is 1. The molecule has 0 aromatic rings. The highest BCUT2D eigenvalue weighted by Crippen LogP contribution is 1.82. The van der Waals surface area contributed by atoms with Gasteiger partial charge < -0.3 is 11.1 Å². The third kappa shape index (κ3) is 6.11. The van der Waals surface area contributed by atoms with Gasteiger partial charge in [0.1, 0.15) is 9.84 Å². The molecule has 0 heterocycles. The fourth-order valence-corrected chi connectivity index (χ4v) is 1.05. The first-order chi connectivity index (χ1) is 5.33. The molecular formula is C6H14N2O3S. The number of nitrogens with one attached hydrogen (secondary N) is 1. The van der Waals surface area contributed by atoms with E-state index < -0.39 is 21.8 Å². The molecule has 0 rings (SSSR count). The summed E-state index contributed by atoms with van der Waals surface area (Å²) >= 11 is 0. The second-order valence-corrected chi connectivity index (χ2v) is 4.97. The summed E-state index contributed by atoms with van der Waals surface area (Å²) in [4.78, 5) is 10.5. The molecule has 12 heavy (non-hydrogen) atoms. The summed E-state index contributed by atoms with van der Waals surface area (Å²) in [5.41, 5.74) is 4.93. The Balaban J connectivity index is 3.65. The molecule has 1 amide bonds. The van der Waals surface area contributed by atoms with Crippen molar-refractivity contribution in [1.29, 1.82) is 0 Å². The highest BCUT2D eigenvalue weighted by atomic mass is 32.2. The minimum atomic E-state index is -2.96. The van der Waals surface area contributed by atoms with E-state index in [1.807, 2.05) is 0 Å². The quantitative estimate of drug-likeness (QED) is 0.557. The molecule has 0 aliphatic carbocycles. The van der Waals surface area contributed by atoms with Gasteiger partial charge in [0.2, 0.25) is 5.91 Å². The smallest absolute Gasteiger partial charge is 0.234 e. The van der Waals surface area contributed by atoms with Crippen LogP contribution in [0.15, 0.2) is 0 Å². The summed E-state index contributed by atoms with van der Waals surface area (Å²) in [6.45, 7) is 1.84. The van der Waals surface area contributed by atoms with Gasteiger partial charge in [-0.25, -0.2) is 8.42 Å². The van der Waals surface area contributed by atoms with Gasteiger partial charge in [-0.2, -0.15) is 0 Å². The first-order valence-electron chi connectivity index (χ1n) is 3.53. The summed E-state index contributed by atoms with van der Waals surface area (Å²) < 4.78 is 21.3. The Labute approximate surface area is 72.2 Å². The Morgan fingerprint density at radius 3 is 2.42 bits per heavy atom. The zero-order valence-corrected chi connectivity index (χ0v) is 8.02. The van der Waals surface area contributed by atoms with E-state index in [0.717, 1.165) is 6.26 Å². The van der Waals surface area contributed by atoms with Crippen molar-refractivity contribution in [3.63, 3.8) is 0 Å². The van der Waals surface area contributed by atoms with Crippen LogP contribution in [0.1, 0.15) is 6.92 Å². The monoisotopic (exact) mass is 194 g/mol. The molecule has 3 N–H and O–H groups in total. The van der Waals surface area contributed by atoms with Crippen LogP contribution in [-0.4, -0.2) is 38.9 Å². The Kier molecular flexibility index (Phi) is 4.19. The number of rotatable bonds is 5. The van der Waals surface area contributed by atoms with E-state index in [1.165, 1.54) is 0 Å². The molecule has 0 radical (unpaired) electrons. The van der Waals surface area contributed by atoms with Crippen LogP contribution >= 0.6 is 0 Å². The summed E-state index contributed by atoms with van der Waals surface area (Å²) in [6.07, 6.45) is 1.14. The van der Waals surface area contributed by atoms with Gasteiger partial charge in [-0.1, -0.05) is 0 Å². The maximum Gasteiger partial charge on any atom is 0.234 e. The Morgan fingerprint density at radius 2 is 2.08 bits per heavy atom. The molecule has 1 atom stereocenters. The topological polar surface area (TPSA) is 89.3 Å². The summed E-state index contributed by atoms with van der Waals surface area (Å²) in [5, 5.41) is 2.68. The third-order valence-electron chi connectivity index (χ3n) is 1.35. The van der Waals surface area contributed by atoms with Gasteiger partial charge in [0.05, 0.1) is 11.8 Å². The zero-order valence-electron chi connectivity index (χ0n) is 7.20. The molecule has 0 saturated heterocycles.